The molecule has 0 heterocycles. The number of hydrogen-bond acceptors (Lipinski definition) is 2. The first-order valence-corrected chi connectivity index (χ1v) is 7.52. The average Bonchev–Trinajstić information content (AvgIpc) is 2.29. The van der Waals surface area contributed by atoms with Gasteiger partial charge in [0.15, 0.2) is 0 Å². The van der Waals surface area contributed by atoms with E-state index < -0.39 is 0 Å². The van der Waals surface area contributed by atoms with Crippen LogP contribution in [0.3, 0.4) is 0 Å². The van der Waals surface area contributed by atoms with Gasteiger partial charge in [0, 0.05) is 5.75 Å². The summed E-state index contributed by atoms with van der Waals surface area (Å²) >= 11 is 5.51. The number of rotatable bonds is 6. The lowest BCUT2D eigenvalue weighted by Crippen LogP contribution is -1.96. The average molecular weight is 303 g/mol. The second kappa shape index (κ2) is 7.23. The summed E-state index contributed by atoms with van der Waals surface area (Å²) in [6, 6.07) is 6.29. The van der Waals surface area contributed by atoms with Gasteiger partial charge in [0.25, 0.3) is 0 Å². The number of thioether (sulfide) groups is 1. The predicted octanol–water partition coefficient (Wildman–Crippen LogP) is 4.74. The van der Waals surface area contributed by atoms with E-state index in [2.05, 4.69) is 41.9 Å². The molecule has 3 heteroatoms. The highest BCUT2D eigenvalue weighted by Crippen LogP contribution is 2.27. The van der Waals surface area contributed by atoms with Crippen molar-refractivity contribution in [1.82, 2.24) is 0 Å². The quantitative estimate of drug-likeness (QED) is 0.751. The van der Waals surface area contributed by atoms with Gasteiger partial charge in [-0.3, -0.25) is 0 Å². The molecule has 1 nitrogen and oxygen atoms in total. The number of benzene rings is 1. The first-order valence-electron chi connectivity index (χ1n) is 5.57. The summed E-state index contributed by atoms with van der Waals surface area (Å²) in [7, 11) is 1.69. The Hall–Kier alpha value is -0.150. The molecule has 0 fully saturated rings. The van der Waals surface area contributed by atoms with E-state index in [1.165, 1.54) is 17.7 Å². The van der Waals surface area contributed by atoms with Crippen molar-refractivity contribution in [3.8, 4) is 5.75 Å². The molecular formula is C13H19BrOS. The third-order valence-electron chi connectivity index (χ3n) is 2.58. The molecule has 1 unspecified atom stereocenters. The third-order valence-corrected chi connectivity index (χ3v) is 4.55. The fourth-order valence-corrected chi connectivity index (χ4v) is 3.05. The van der Waals surface area contributed by atoms with Gasteiger partial charge in [-0.1, -0.05) is 26.3 Å². The van der Waals surface area contributed by atoms with Crippen molar-refractivity contribution in [1.29, 1.82) is 0 Å². The minimum Gasteiger partial charge on any atom is -0.496 e. The molecule has 0 N–H and O–H groups in total. The van der Waals surface area contributed by atoms with Gasteiger partial charge in [0.1, 0.15) is 5.75 Å². The van der Waals surface area contributed by atoms with Crippen LogP contribution in [0.15, 0.2) is 22.7 Å². The van der Waals surface area contributed by atoms with Crippen molar-refractivity contribution in [3.05, 3.63) is 28.2 Å². The zero-order valence-electron chi connectivity index (χ0n) is 10.1. The Labute approximate surface area is 111 Å². The number of halogens is 1. The normalized spacial score (nSPS) is 12.5. The van der Waals surface area contributed by atoms with Crippen LogP contribution < -0.4 is 4.74 Å². The van der Waals surface area contributed by atoms with Crippen LogP contribution in [0.2, 0.25) is 0 Å². The molecule has 16 heavy (non-hydrogen) atoms. The van der Waals surface area contributed by atoms with E-state index in [0.29, 0.717) is 0 Å². The fraction of sp³-hybridized carbons (Fsp3) is 0.538. The summed E-state index contributed by atoms with van der Waals surface area (Å²) in [6.45, 7) is 4.55. The summed E-state index contributed by atoms with van der Waals surface area (Å²) in [5.74, 6) is 4.02. The standard InChI is InChI=1S/C13H19BrOS/c1-4-10(2)8-16-9-11-5-6-13(15-3)12(14)7-11/h5-7,10H,4,8-9H2,1-3H3. The van der Waals surface area contributed by atoms with Crippen molar-refractivity contribution in [3.63, 3.8) is 0 Å². The molecule has 0 spiro atoms. The molecule has 0 amide bonds. The second-order valence-corrected chi connectivity index (χ2v) is 5.88. The summed E-state index contributed by atoms with van der Waals surface area (Å²) in [5, 5.41) is 0. The maximum atomic E-state index is 5.21. The molecule has 0 aliphatic rings. The van der Waals surface area contributed by atoms with Crippen molar-refractivity contribution in [2.24, 2.45) is 5.92 Å². The zero-order chi connectivity index (χ0) is 12.0. The van der Waals surface area contributed by atoms with Gasteiger partial charge < -0.3 is 4.74 Å². The summed E-state index contributed by atoms with van der Waals surface area (Å²) < 4.78 is 6.24. The highest BCUT2D eigenvalue weighted by atomic mass is 79.9. The molecule has 1 aromatic carbocycles. The van der Waals surface area contributed by atoms with Gasteiger partial charge in [0.2, 0.25) is 0 Å². The van der Waals surface area contributed by atoms with E-state index in [4.69, 9.17) is 4.74 Å². The van der Waals surface area contributed by atoms with Crippen molar-refractivity contribution in [2.75, 3.05) is 12.9 Å². The Balaban J connectivity index is 2.46. The molecule has 0 saturated heterocycles. The Bertz CT molecular complexity index is 328. The number of methoxy groups -OCH3 is 1. The molecule has 0 bridgehead atoms. The second-order valence-electron chi connectivity index (χ2n) is 4.00. The van der Waals surface area contributed by atoms with Crippen LogP contribution in [-0.2, 0) is 5.75 Å². The first-order chi connectivity index (χ1) is 7.67. The molecule has 1 aromatic rings. The highest BCUT2D eigenvalue weighted by Gasteiger charge is 2.03. The maximum Gasteiger partial charge on any atom is 0.133 e. The molecule has 0 aliphatic carbocycles. The summed E-state index contributed by atoms with van der Waals surface area (Å²) in [6.07, 6.45) is 1.26. The monoisotopic (exact) mass is 302 g/mol. The smallest absolute Gasteiger partial charge is 0.133 e. The maximum absolute atomic E-state index is 5.21. The van der Waals surface area contributed by atoms with Crippen LogP contribution in [-0.4, -0.2) is 12.9 Å². The van der Waals surface area contributed by atoms with Crippen LogP contribution in [0, 0.1) is 5.92 Å². The highest BCUT2D eigenvalue weighted by molar-refractivity contribution is 9.10. The van der Waals surface area contributed by atoms with Crippen LogP contribution >= 0.6 is 27.7 Å². The lowest BCUT2D eigenvalue weighted by molar-refractivity contribution is 0.412. The third kappa shape index (κ3) is 4.38. The SMILES string of the molecule is CCC(C)CSCc1ccc(OC)c(Br)c1. The van der Waals surface area contributed by atoms with Crippen molar-refractivity contribution < 1.29 is 4.74 Å². The molecule has 0 radical (unpaired) electrons. The van der Waals surface area contributed by atoms with E-state index in [1.807, 2.05) is 17.8 Å². The van der Waals surface area contributed by atoms with Gasteiger partial charge in [-0.05, 0) is 45.3 Å². The van der Waals surface area contributed by atoms with Crippen LogP contribution in [0.25, 0.3) is 0 Å². The Kier molecular flexibility index (Phi) is 6.29. The van der Waals surface area contributed by atoms with Gasteiger partial charge in [-0.2, -0.15) is 11.8 Å². The molecular weight excluding hydrogens is 284 g/mol. The van der Waals surface area contributed by atoms with Gasteiger partial charge in [0.05, 0.1) is 11.6 Å². The largest absolute Gasteiger partial charge is 0.496 e. The van der Waals surface area contributed by atoms with E-state index in [-0.39, 0.29) is 0 Å². The summed E-state index contributed by atoms with van der Waals surface area (Å²) in [5.41, 5.74) is 1.35. The minimum absolute atomic E-state index is 0.812. The lowest BCUT2D eigenvalue weighted by Gasteiger charge is -2.09. The first kappa shape index (κ1) is 13.9. The Morgan fingerprint density at radius 2 is 2.19 bits per heavy atom. The molecule has 0 saturated carbocycles. The number of ether oxygens (including phenoxy) is 1. The van der Waals surface area contributed by atoms with Gasteiger partial charge in [-0.15, -0.1) is 0 Å². The van der Waals surface area contributed by atoms with E-state index in [1.54, 1.807) is 7.11 Å². The van der Waals surface area contributed by atoms with Gasteiger partial charge >= 0.3 is 0 Å². The Morgan fingerprint density at radius 1 is 1.44 bits per heavy atom. The molecule has 1 atom stereocenters. The predicted molar refractivity (Wildman–Crippen MR) is 76.3 cm³/mol. The van der Waals surface area contributed by atoms with E-state index >= 15 is 0 Å². The van der Waals surface area contributed by atoms with Crippen molar-refractivity contribution in [2.45, 2.75) is 26.0 Å². The lowest BCUT2D eigenvalue weighted by atomic mass is 10.2. The van der Waals surface area contributed by atoms with Gasteiger partial charge in [-0.25, -0.2) is 0 Å². The van der Waals surface area contributed by atoms with Crippen LogP contribution in [0.1, 0.15) is 25.8 Å². The van der Waals surface area contributed by atoms with E-state index in [0.717, 1.165) is 21.9 Å². The molecule has 0 aromatic heterocycles. The van der Waals surface area contributed by atoms with Crippen LogP contribution in [0.5, 0.6) is 5.75 Å². The van der Waals surface area contributed by atoms with Crippen LogP contribution in [0.4, 0.5) is 0 Å². The topological polar surface area (TPSA) is 9.23 Å². The molecule has 0 aliphatic heterocycles. The number of hydrogen-bond donors (Lipinski definition) is 0. The fourth-order valence-electron chi connectivity index (χ4n) is 1.30. The molecule has 90 valence electrons. The molecule has 1 rings (SSSR count). The summed E-state index contributed by atoms with van der Waals surface area (Å²) in [4.78, 5) is 0. The zero-order valence-corrected chi connectivity index (χ0v) is 12.5. The van der Waals surface area contributed by atoms with E-state index in [9.17, 15) is 0 Å². The minimum atomic E-state index is 0.812. The van der Waals surface area contributed by atoms with Crippen molar-refractivity contribution >= 4 is 27.7 Å². The Morgan fingerprint density at radius 3 is 2.75 bits per heavy atom.